The van der Waals surface area contributed by atoms with Gasteiger partial charge in [-0.2, -0.15) is 0 Å². The molecular formula is C16H24FNO2S. The van der Waals surface area contributed by atoms with Crippen molar-refractivity contribution in [1.29, 1.82) is 0 Å². The van der Waals surface area contributed by atoms with Crippen LogP contribution in [0.3, 0.4) is 0 Å². The van der Waals surface area contributed by atoms with Gasteiger partial charge in [-0.1, -0.05) is 20.8 Å². The van der Waals surface area contributed by atoms with Gasteiger partial charge in [0, 0.05) is 29.7 Å². The zero-order valence-electron chi connectivity index (χ0n) is 12.9. The van der Waals surface area contributed by atoms with Crippen LogP contribution in [-0.2, 0) is 4.79 Å². The number of carbonyl (C=O) groups excluding carboxylic acids is 1. The van der Waals surface area contributed by atoms with E-state index < -0.39 is 0 Å². The fraction of sp³-hybridized carbons (Fsp3) is 0.562. The molecule has 1 aromatic carbocycles. The van der Waals surface area contributed by atoms with Crippen LogP contribution in [0.4, 0.5) is 4.39 Å². The third kappa shape index (κ3) is 6.96. The standard InChI is InChI=1S/C16H24FNO2S/c1-16(2,3)14(8-10-19)18-15(20)9-11-21-13-6-4-12(17)5-7-13/h4-7,14,19H,8-11H2,1-3H3,(H,18,20). The number of amides is 1. The first-order valence-corrected chi connectivity index (χ1v) is 8.10. The van der Waals surface area contributed by atoms with Gasteiger partial charge in [0.1, 0.15) is 5.82 Å². The van der Waals surface area contributed by atoms with Gasteiger partial charge in [-0.3, -0.25) is 4.79 Å². The highest BCUT2D eigenvalue weighted by atomic mass is 32.2. The van der Waals surface area contributed by atoms with Gasteiger partial charge in [0.25, 0.3) is 0 Å². The predicted octanol–water partition coefficient (Wildman–Crippen LogP) is 3.22. The third-order valence-corrected chi connectivity index (χ3v) is 4.22. The molecule has 5 heteroatoms. The van der Waals surface area contributed by atoms with Crippen LogP contribution in [0, 0.1) is 11.2 Å². The minimum Gasteiger partial charge on any atom is -0.396 e. The summed E-state index contributed by atoms with van der Waals surface area (Å²) in [4.78, 5) is 12.9. The number of hydrogen-bond acceptors (Lipinski definition) is 3. The zero-order valence-corrected chi connectivity index (χ0v) is 13.7. The molecule has 1 atom stereocenters. The van der Waals surface area contributed by atoms with Gasteiger partial charge >= 0.3 is 0 Å². The summed E-state index contributed by atoms with van der Waals surface area (Å²) in [6.07, 6.45) is 0.959. The number of nitrogens with one attached hydrogen (secondary N) is 1. The van der Waals surface area contributed by atoms with E-state index in [1.54, 1.807) is 12.1 Å². The van der Waals surface area contributed by atoms with Gasteiger partial charge in [-0.15, -0.1) is 11.8 Å². The molecule has 0 aliphatic heterocycles. The van der Waals surface area contributed by atoms with E-state index >= 15 is 0 Å². The Balaban J connectivity index is 2.37. The number of thioether (sulfide) groups is 1. The van der Waals surface area contributed by atoms with Crippen LogP contribution in [-0.4, -0.2) is 29.4 Å². The summed E-state index contributed by atoms with van der Waals surface area (Å²) in [7, 11) is 0. The summed E-state index contributed by atoms with van der Waals surface area (Å²) < 4.78 is 12.8. The number of aliphatic hydroxyl groups excluding tert-OH is 1. The summed E-state index contributed by atoms with van der Waals surface area (Å²) in [5, 5.41) is 12.1. The number of rotatable bonds is 7. The van der Waals surface area contributed by atoms with Crippen molar-refractivity contribution in [3.63, 3.8) is 0 Å². The maximum atomic E-state index is 12.8. The Hall–Kier alpha value is -1.07. The fourth-order valence-electron chi connectivity index (χ4n) is 1.91. The Morgan fingerprint density at radius 2 is 1.95 bits per heavy atom. The molecule has 0 fully saturated rings. The maximum Gasteiger partial charge on any atom is 0.221 e. The van der Waals surface area contributed by atoms with Crippen molar-refractivity contribution in [3.05, 3.63) is 30.1 Å². The Labute approximate surface area is 130 Å². The highest BCUT2D eigenvalue weighted by molar-refractivity contribution is 7.99. The molecule has 1 unspecified atom stereocenters. The van der Waals surface area contributed by atoms with Crippen molar-refractivity contribution in [2.24, 2.45) is 5.41 Å². The van der Waals surface area contributed by atoms with Crippen LogP contribution >= 0.6 is 11.8 Å². The lowest BCUT2D eigenvalue weighted by molar-refractivity contribution is -0.122. The maximum absolute atomic E-state index is 12.8. The molecule has 0 bridgehead atoms. The van der Waals surface area contributed by atoms with Crippen LogP contribution in [0.25, 0.3) is 0 Å². The van der Waals surface area contributed by atoms with Gasteiger partial charge in [0.05, 0.1) is 0 Å². The van der Waals surface area contributed by atoms with E-state index in [2.05, 4.69) is 5.32 Å². The van der Waals surface area contributed by atoms with Gasteiger partial charge < -0.3 is 10.4 Å². The van der Waals surface area contributed by atoms with Crippen LogP contribution < -0.4 is 5.32 Å². The van der Waals surface area contributed by atoms with Crippen molar-refractivity contribution >= 4 is 17.7 Å². The van der Waals surface area contributed by atoms with Crippen molar-refractivity contribution in [1.82, 2.24) is 5.32 Å². The minimum atomic E-state index is -0.255. The van der Waals surface area contributed by atoms with Crippen molar-refractivity contribution < 1.29 is 14.3 Å². The molecule has 0 aromatic heterocycles. The molecule has 0 saturated carbocycles. The van der Waals surface area contributed by atoms with E-state index in [0.29, 0.717) is 18.6 Å². The molecule has 0 saturated heterocycles. The van der Waals surface area contributed by atoms with E-state index in [9.17, 15) is 9.18 Å². The van der Waals surface area contributed by atoms with E-state index in [1.165, 1.54) is 23.9 Å². The molecule has 2 N–H and O–H groups in total. The molecule has 1 aromatic rings. The van der Waals surface area contributed by atoms with Gasteiger partial charge in [0.2, 0.25) is 5.91 Å². The lowest BCUT2D eigenvalue weighted by Crippen LogP contribution is -2.44. The number of halogens is 1. The molecule has 3 nitrogen and oxygen atoms in total. The second-order valence-corrected chi connectivity index (χ2v) is 7.22. The summed E-state index contributed by atoms with van der Waals surface area (Å²) in [5.74, 6) is 0.375. The average Bonchev–Trinajstić information content (AvgIpc) is 2.39. The summed E-state index contributed by atoms with van der Waals surface area (Å²) in [5.41, 5.74) is -0.0809. The van der Waals surface area contributed by atoms with Crippen molar-refractivity contribution in [3.8, 4) is 0 Å². The largest absolute Gasteiger partial charge is 0.396 e. The zero-order chi connectivity index (χ0) is 15.9. The number of benzene rings is 1. The van der Waals surface area contributed by atoms with E-state index in [1.807, 2.05) is 20.8 Å². The number of hydrogen-bond donors (Lipinski definition) is 2. The van der Waals surface area contributed by atoms with Crippen LogP contribution in [0.2, 0.25) is 0 Å². The molecule has 21 heavy (non-hydrogen) atoms. The van der Waals surface area contributed by atoms with Crippen LogP contribution in [0.15, 0.2) is 29.2 Å². The van der Waals surface area contributed by atoms with Crippen LogP contribution in [0.1, 0.15) is 33.6 Å². The second kappa shape index (κ2) is 8.39. The molecule has 1 rings (SSSR count). The van der Waals surface area contributed by atoms with Gasteiger partial charge in [-0.25, -0.2) is 4.39 Å². The minimum absolute atomic E-state index is 0.0158. The summed E-state index contributed by atoms with van der Waals surface area (Å²) >= 11 is 1.53. The van der Waals surface area contributed by atoms with E-state index in [4.69, 9.17) is 5.11 Å². The highest BCUT2D eigenvalue weighted by Gasteiger charge is 2.25. The SMILES string of the molecule is CC(C)(C)C(CCO)NC(=O)CCSc1ccc(F)cc1. The predicted molar refractivity (Wildman–Crippen MR) is 84.8 cm³/mol. The van der Waals surface area contributed by atoms with E-state index in [-0.39, 0.29) is 29.8 Å². The number of carbonyl (C=O) groups is 1. The first kappa shape index (κ1) is 18.0. The van der Waals surface area contributed by atoms with Gasteiger partial charge in [-0.05, 0) is 36.1 Å². The Kier molecular flexibility index (Phi) is 7.18. The molecule has 0 heterocycles. The fourth-order valence-corrected chi connectivity index (χ4v) is 2.76. The van der Waals surface area contributed by atoms with E-state index in [0.717, 1.165) is 4.90 Å². The molecule has 0 aliphatic carbocycles. The molecule has 0 spiro atoms. The number of aliphatic hydroxyl groups is 1. The molecular weight excluding hydrogens is 289 g/mol. The Morgan fingerprint density at radius 1 is 1.33 bits per heavy atom. The monoisotopic (exact) mass is 313 g/mol. The molecule has 1 amide bonds. The average molecular weight is 313 g/mol. The Bertz CT molecular complexity index is 443. The summed E-state index contributed by atoms with van der Waals surface area (Å²) in [6.45, 7) is 6.19. The molecule has 118 valence electrons. The topological polar surface area (TPSA) is 49.3 Å². The quantitative estimate of drug-likeness (QED) is 0.760. The second-order valence-electron chi connectivity index (χ2n) is 6.05. The highest BCUT2D eigenvalue weighted by Crippen LogP contribution is 2.22. The Morgan fingerprint density at radius 3 is 2.48 bits per heavy atom. The smallest absolute Gasteiger partial charge is 0.221 e. The lowest BCUT2D eigenvalue weighted by atomic mass is 9.85. The first-order chi connectivity index (χ1) is 9.82. The third-order valence-electron chi connectivity index (χ3n) is 3.21. The molecule has 0 aliphatic rings. The van der Waals surface area contributed by atoms with Gasteiger partial charge in [0.15, 0.2) is 0 Å². The summed E-state index contributed by atoms with van der Waals surface area (Å²) in [6, 6.07) is 6.22. The normalized spacial score (nSPS) is 13.0. The van der Waals surface area contributed by atoms with Crippen LogP contribution in [0.5, 0.6) is 0 Å². The van der Waals surface area contributed by atoms with Crippen molar-refractivity contribution in [2.75, 3.05) is 12.4 Å². The van der Waals surface area contributed by atoms with Crippen molar-refractivity contribution in [2.45, 2.75) is 44.6 Å². The first-order valence-electron chi connectivity index (χ1n) is 7.11. The lowest BCUT2D eigenvalue weighted by Gasteiger charge is -2.31. The molecule has 0 radical (unpaired) electrons.